The zero-order chi connectivity index (χ0) is 11.2. The third kappa shape index (κ3) is 3.40. The molecule has 1 aromatic rings. The highest BCUT2D eigenvalue weighted by Gasteiger charge is 2.13. The van der Waals surface area contributed by atoms with Crippen LogP contribution in [0.1, 0.15) is 37.1 Å². The minimum atomic E-state index is 0.551. The largest absolute Gasteiger partial charge is 0.374 e. The number of aromatic nitrogens is 2. The average molecular weight is 242 g/mol. The number of rotatable bonds is 5. The molecule has 2 rings (SSSR count). The first-order valence-electron chi connectivity index (χ1n) is 5.75. The molecular formula is C10H18N4OS. The van der Waals surface area contributed by atoms with Gasteiger partial charge in [-0.2, -0.15) is 0 Å². The lowest BCUT2D eigenvalue weighted by Gasteiger charge is -2.20. The van der Waals surface area contributed by atoms with Crippen molar-refractivity contribution in [2.45, 2.75) is 38.7 Å². The van der Waals surface area contributed by atoms with Gasteiger partial charge in [-0.25, -0.2) is 5.84 Å². The molecule has 5 nitrogen and oxygen atoms in total. The van der Waals surface area contributed by atoms with Crippen molar-refractivity contribution in [2.75, 3.05) is 12.0 Å². The van der Waals surface area contributed by atoms with Crippen LogP contribution in [-0.4, -0.2) is 16.8 Å². The van der Waals surface area contributed by atoms with Crippen LogP contribution in [0.3, 0.4) is 0 Å². The summed E-state index contributed by atoms with van der Waals surface area (Å²) in [6.07, 6.45) is 6.72. The molecule has 0 spiro atoms. The van der Waals surface area contributed by atoms with E-state index in [1.54, 1.807) is 0 Å². The Morgan fingerprint density at radius 1 is 1.31 bits per heavy atom. The summed E-state index contributed by atoms with van der Waals surface area (Å²) in [5.41, 5.74) is 2.48. The molecule has 16 heavy (non-hydrogen) atoms. The third-order valence-electron chi connectivity index (χ3n) is 2.89. The summed E-state index contributed by atoms with van der Waals surface area (Å²) in [5, 5.41) is 9.34. The fourth-order valence-electron chi connectivity index (χ4n) is 2.04. The molecule has 0 atom stereocenters. The van der Waals surface area contributed by atoms with Crippen LogP contribution in [0.2, 0.25) is 0 Å². The number of ether oxygens (including phenoxy) is 1. The zero-order valence-corrected chi connectivity index (χ0v) is 10.1. The second kappa shape index (κ2) is 6.12. The molecule has 0 aromatic carbocycles. The molecular weight excluding hydrogens is 224 g/mol. The second-order valence-corrected chi connectivity index (χ2v) is 5.23. The Morgan fingerprint density at radius 3 is 2.81 bits per heavy atom. The Bertz CT molecular complexity index is 312. The summed E-state index contributed by atoms with van der Waals surface area (Å²) in [6, 6.07) is 0. The molecule has 1 heterocycles. The summed E-state index contributed by atoms with van der Waals surface area (Å²) >= 11 is 1.44. The first kappa shape index (κ1) is 11.8. The molecule has 1 aromatic heterocycles. The van der Waals surface area contributed by atoms with E-state index < -0.39 is 0 Å². The normalized spacial score (nSPS) is 17.6. The maximum Gasteiger partial charge on any atom is 0.219 e. The van der Waals surface area contributed by atoms with Gasteiger partial charge in [-0.05, 0) is 18.8 Å². The van der Waals surface area contributed by atoms with Crippen LogP contribution < -0.4 is 11.3 Å². The quantitative estimate of drug-likeness (QED) is 0.609. The van der Waals surface area contributed by atoms with E-state index in [0.717, 1.165) is 17.5 Å². The highest BCUT2D eigenvalue weighted by atomic mass is 32.1. The molecule has 90 valence electrons. The van der Waals surface area contributed by atoms with E-state index in [-0.39, 0.29) is 0 Å². The molecule has 1 fully saturated rings. The minimum absolute atomic E-state index is 0.551. The number of hydrazine groups is 1. The minimum Gasteiger partial charge on any atom is -0.374 e. The van der Waals surface area contributed by atoms with Crippen LogP contribution in [0.15, 0.2) is 0 Å². The smallest absolute Gasteiger partial charge is 0.219 e. The molecule has 0 bridgehead atoms. The predicted molar refractivity (Wildman–Crippen MR) is 64.0 cm³/mol. The molecule has 6 heteroatoms. The van der Waals surface area contributed by atoms with Crippen molar-refractivity contribution in [3.05, 3.63) is 5.01 Å². The number of hydrogen-bond acceptors (Lipinski definition) is 6. The number of anilines is 1. The Balaban J connectivity index is 1.66. The summed E-state index contributed by atoms with van der Waals surface area (Å²) in [5.74, 6) is 5.97. The second-order valence-electron chi connectivity index (χ2n) is 4.16. The lowest BCUT2D eigenvalue weighted by atomic mass is 9.90. The van der Waals surface area contributed by atoms with Gasteiger partial charge >= 0.3 is 0 Å². The molecule has 3 N–H and O–H groups in total. The Morgan fingerprint density at radius 2 is 2.12 bits per heavy atom. The van der Waals surface area contributed by atoms with Gasteiger partial charge in [-0.1, -0.05) is 30.6 Å². The van der Waals surface area contributed by atoms with Gasteiger partial charge < -0.3 is 4.74 Å². The lowest BCUT2D eigenvalue weighted by Crippen LogP contribution is -2.13. The van der Waals surface area contributed by atoms with Crippen molar-refractivity contribution in [2.24, 2.45) is 11.8 Å². The van der Waals surface area contributed by atoms with Gasteiger partial charge in [0.15, 0.2) is 0 Å². The standard InChI is InChI=1S/C10H18N4OS/c11-12-10-14-13-9(16-10)7-15-6-8-4-2-1-3-5-8/h8H,1-7,11H2,(H,12,14). The van der Waals surface area contributed by atoms with Crippen LogP contribution in [0.5, 0.6) is 0 Å². The molecule has 0 amide bonds. The SMILES string of the molecule is NNc1nnc(COCC2CCCCC2)s1. The number of nitrogen functional groups attached to an aromatic ring is 1. The maximum atomic E-state index is 5.66. The average Bonchev–Trinajstić information content (AvgIpc) is 2.78. The van der Waals surface area contributed by atoms with E-state index in [4.69, 9.17) is 10.6 Å². The van der Waals surface area contributed by atoms with E-state index in [1.807, 2.05) is 0 Å². The zero-order valence-electron chi connectivity index (χ0n) is 9.32. The Kier molecular flexibility index (Phi) is 4.50. The fourth-order valence-corrected chi connectivity index (χ4v) is 2.62. The summed E-state index contributed by atoms with van der Waals surface area (Å²) in [4.78, 5) is 0. The monoisotopic (exact) mass is 242 g/mol. The van der Waals surface area contributed by atoms with Crippen molar-refractivity contribution >= 4 is 16.5 Å². The van der Waals surface area contributed by atoms with Crippen molar-refractivity contribution in [3.8, 4) is 0 Å². The van der Waals surface area contributed by atoms with E-state index in [2.05, 4.69) is 15.6 Å². The molecule has 0 radical (unpaired) electrons. The van der Waals surface area contributed by atoms with Crippen molar-refractivity contribution in [3.63, 3.8) is 0 Å². The highest BCUT2D eigenvalue weighted by Crippen LogP contribution is 2.24. The topological polar surface area (TPSA) is 73.1 Å². The maximum absolute atomic E-state index is 5.66. The number of nitrogens with two attached hydrogens (primary N) is 1. The molecule has 1 aliphatic carbocycles. The summed E-state index contributed by atoms with van der Waals surface area (Å²) in [7, 11) is 0. The molecule has 0 saturated heterocycles. The van der Waals surface area contributed by atoms with Gasteiger partial charge in [0.05, 0.1) is 0 Å². The molecule has 1 saturated carbocycles. The molecule has 0 unspecified atom stereocenters. The summed E-state index contributed by atoms with van der Waals surface area (Å²) < 4.78 is 5.66. The van der Waals surface area contributed by atoms with Crippen LogP contribution >= 0.6 is 11.3 Å². The van der Waals surface area contributed by atoms with E-state index >= 15 is 0 Å². The third-order valence-corrected chi connectivity index (χ3v) is 3.72. The van der Waals surface area contributed by atoms with Gasteiger partial charge in [-0.15, -0.1) is 10.2 Å². The van der Waals surface area contributed by atoms with Crippen LogP contribution in [0.25, 0.3) is 0 Å². The Labute approximate surface area is 99.4 Å². The highest BCUT2D eigenvalue weighted by molar-refractivity contribution is 7.15. The number of hydrogen-bond donors (Lipinski definition) is 2. The number of nitrogens with zero attached hydrogens (tertiary/aromatic N) is 2. The first-order chi connectivity index (χ1) is 7.88. The number of nitrogens with one attached hydrogen (secondary N) is 1. The Hall–Kier alpha value is -0.720. The van der Waals surface area contributed by atoms with Gasteiger partial charge in [0.1, 0.15) is 11.6 Å². The summed E-state index contributed by atoms with van der Waals surface area (Å²) in [6.45, 7) is 1.40. The van der Waals surface area contributed by atoms with Crippen LogP contribution in [-0.2, 0) is 11.3 Å². The fraction of sp³-hybridized carbons (Fsp3) is 0.800. The van der Waals surface area contributed by atoms with Crippen LogP contribution in [0, 0.1) is 5.92 Å². The predicted octanol–water partition coefficient (Wildman–Crippen LogP) is 1.92. The first-order valence-corrected chi connectivity index (χ1v) is 6.57. The van der Waals surface area contributed by atoms with Gasteiger partial charge in [0.2, 0.25) is 5.13 Å². The molecule has 1 aliphatic rings. The van der Waals surface area contributed by atoms with E-state index in [9.17, 15) is 0 Å². The van der Waals surface area contributed by atoms with Gasteiger partial charge in [-0.3, -0.25) is 5.43 Å². The van der Waals surface area contributed by atoms with Crippen molar-refractivity contribution in [1.29, 1.82) is 0 Å². The van der Waals surface area contributed by atoms with E-state index in [1.165, 1.54) is 43.4 Å². The van der Waals surface area contributed by atoms with Crippen LogP contribution in [0.4, 0.5) is 5.13 Å². The van der Waals surface area contributed by atoms with Gasteiger partial charge in [0, 0.05) is 6.61 Å². The van der Waals surface area contributed by atoms with Crippen molar-refractivity contribution < 1.29 is 4.74 Å². The van der Waals surface area contributed by atoms with Crippen molar-refractivity contribution in [1.82, 2.24) is 10.2 Å². The van der Waals surface area contributed by atoms with E-state index in [0.29, 0.717) is 11.7 Å². The lowest BCUT2D eigenvalue weighted by molar-refractivity contribution is 0.0735. The van der Waals surface area contributed by atoms with Gasteiger partial charge in [0.25, 0.3) is 0 Å². The molecule has 0 aliphatic heterocycles.